The van der Waals surface area contributed by atoms with Crippen LogP contribution in [0.5, 0.6) is 11.5 Å². The van der Waals surface area contributed by atoms with Crippen LogP contribution in [0, 0.1) is 0 Å². The van der Waals surface area contributed by atoms with Crippen LogP contribution in [0.2, 0.25) is 0 Å². The second-order valence-corrected chi connectivity index (χ2v) is 7.43. The van der Waals surface area contributed by atoms with Gasteiger partial charge in [-0.15, -0.1) is 0 Å². The molecule has 1 N–H and O–H groups in total. The van der Waals surface area contributed by atoms with Crippen molar-refractivity contribution in [3.8, 4) is 11.5 Å². The van der Waals surface area contributed by atoms with E-state index in [4.69, 9.17) is 4.74 Å². The topological polar surface area (TPSA) is 32.7 Å². The molecule has 25 heavy (non-hydrogen) atoms. The second-order valence-electron chi connectivity index (χ2n) is 7.43. The monoisotopic (exact) mass is 337 g/mol. The number of likely N-dealkylation sites (tertiary alicyclic amines) is 1. The van der Waals surface area contributed by atoms with Crippen molar-refractivity contribution in [2.24, 2.45) is 0 Å². The highest BCUT2D eigenvalue weighted by Crippen LogP contribution is 2.42. The lowest BCUT2D eigenvalue weighted by Gasteiger charge is -2.30. The Morgan fingerprint density at radius 2 is 1.96 bits per heavy atom. The van der Waals surface area contributed by atoms with Crippen LogP contribution in [-0.2, 0) is 6.42 Å². The summed E-state index contributed by atoms with van der Waals surface area (Å²) in [6.07, 6.45) is 4.57. The van der Waals surface area contributed by atoms with Gasteiger partial charge < -0.3 is 14.7 Å². The highest BCUT2D eigenvalue weighted by molar-refractivity contribution is 5.52. The number of aromatic hydroxyl groups is 1. The summed E-state index contributed by atoms with van der Waals surface area (Å²) in [6, 6.07) is 15.0. The molecule has 3 heteroatoms. The predicted octanol–water partition coefficient (Wildman–Crippen LogP) is 4.31. The van der Waals surface area contributed by atoms with Gasteiger partial charge >= 0.3 is 0 Å². The first-order valence-corrected chi connectivity index (χ1v) is 9.42. The third-order valence-corrected chi connectivity index (χ3v) is 5.94. The summed E-state index contributed by atoms with van der Waals surface area (Å²) in [5.74, 6) is 2.14. The number of fused-ring (bicyclic) bond motifs is 1. The quantitative estimate of drug-likeness (QED) is 0.902. The Kier molecular flexibility index (Phi) is 4.67. The van der Waals surface area contributed by atoms with Crippen LogP contribution < -0.4 is 4.74 Å². The maximum absolute atomic E-state index is 10.5. The van der Waals surface area contributed by atoms with Gasteiger partial charge in [0.25, 0.3) is 0 Å². The number of ether oxygens (including phenoxy) is 1. The molecule has 0 saturated carbocycles. The van der Waals surface area contributed by atoms with Crippen molar-refractivity contribution in [3.63, 3.8) is 0 Å². The molecule has 0 radical (unpaired) electrons. The third kappa shape index (κ3) is 3.25. The van der Waals surface area contributed by atoms with Crippen LogP contribution in [0.15, 0.2) is 42.5 Å². The zero-order valence-corrected chi connectivity index (χ0v) is 14.9. The summed E-state index contributed by atoms with van der Waals surface area (Å²) in [5, 5.41) is 10.5. The zero-order chi connectivity index (χ0) is 17.2. The SMILES string of the molecule is COc1ccc2c(c1O)CCCC2CN1CCC(c2ccccc2)C1. The number of phenols is 1. The molecule has 0 amide bonds. The van der Waals surface area contributed by atoms with E-state index in [2.05, 4.69) is 41.3 Å². The van der Waals surface area contributed by atoms with Crippen molar-refractivity contribution in [2.75, 3.05) is 26.7 Å². The minimum atomic E-state index is 0.355. The minimum absolute atomic E-state index is 0.355. The minimum Gasteiger partial charge on any atom is -0.504 e. The van der Waals surface area contributed by atoms with Gasteiger partial charge in [0.15, 0.2) is 11.5 Å². The molecule has 1 heterocycles. The van der Waals surface area contributed by atoms with Gasteiger partial charge in [0, 0.05) is 18.7 Å². The Morgan fingerprint density at radius 1 is 1.12 bits per heavy atom. The number of methoxy groups -OCH3 is 1. The number of hydrogen-bond acceptors (Lipinski definition) is 3. The maximum Gasteiger partial charge on any atom is 0.161 e. The Morgan fingerprint density at radius 3 is 2.76 bits per heavy atom. The molecule has 2 unspecified atom stereocenters. The highest BCUT2D eigenvalue weighted by Gasteiger charge is 2.29. The fourth-order valence-corrected chi connectivity index (χ4v) is 4.62. The molecule has 132 valence electrons. The lowest BCUT2D eigenvalue weighted by atomic mass is 9.82. The van der Waals surface area contributed by atoms with Gasteiger partial charge in [-0.25, -0.2) is 0 Å². The van der Waals surface area contributed by atoms with E-state index in [9.17, 15) is 5.11 Å². The van der Waals surface area contributed by atoms with Gasteiger partial charge in [0.1, 0.15) is 0 Å². The molecular weight excluding hydrogens is 310 g/mol. The summed E-state index contributed by atoms with van der Waals surface area (Å²) in [5.41, 5.74) is 3.90. The van der Waals surface area contributed by atoms with Gasteiger partial charge in [-0.1, -0.05) is 36.4 Å². The fourth-order valence-electron chi connectivity index (χ4n) is 4.62. The number of rotatable bonds is 4. The first-order valence-electron chi connectivity index (χ1n) is 9.42. The van der Waals surface area contributed by atoms with E-state index in [0.29, 0.717) is 23.3 Å². The van der Waals surface area contributed by atoms with Gasteiger partial charge in [-0.2, -0.15) is 0 Å². The molecule has 2 aromatic carbocycles. The molecule has 2 atom stereocenters. The third-order valence-electron chi connectivity index (χ3n) is 5.94. The van der Waals surface area contributed by atoms with Crippen LogP contribution in [0.3, 0.4) is 0 Å². The van der Waals surface area contributed by atoms with Crippen molar-refractivity contribution in [1.82, 2.24) is 4.90 Å². The molecule has 1 fully saturated rings. The summed E-state index contributed by atoms with van der Waals surface area (Å²) >= 11 is 0. The van der Waals surface area contributed by atoms with Crippen LogP contribution >= 0.6 is 0 Å². The maximum atomic E-state index is 10.5. The highest BCUT2D eigenvalue weighted by atomic mass is 16.5. The van der Waals surface area contributed by atoms with E-state index >= 15 is 0 Å². The summed E-state index contributed by atoms with van der Waals surface area (Å²) in [4.78, 5) is 2.61. The largest absolute Gasteiger partial charge is 0.504 e. The van der Waals surface area contributed by atoms with Gasteiger partial charge in [-0.3, -0.25) is 0 Å². The summed E-state index contributed by atoms with van der Waals surface area (Å²) in [7, 11) is 1.62. The van der Waals surface area contributed by atoms with Crippen LogP contribution in [-0.4, -0.2) is 36.8 Å². The summed E-state index contributed by atoms with van der Waals surface area (Å²) < 4.78 is 5.28. The number of nitrogens with zero attached hydrogens (tertiary/aromatic N) is 1. The van der Waals surface area contributed by atoms with Gasteiger partial charge in [0.2, 0.25) is 0 Å². The van der Waals surface area contributed by atoms with Crippen molar-refractivity contribution < 1.29 is 9.84 Å². The standard InChI is InChI=1S/C22H27NO2/c1-25-21-11-10-19-18(8-5-9-20(19)22(21)24)15-23-13-12-17(14-23)16-6-3-2-4-7-16/h2-4,6-7,10-11,17-18,24H,5,8-9,12-15H2,1H3. The van der Waals surface area contributed by atoms with E-state index in [0.717, 1.165) is 31.5 Å². The molecule has 3 nitrogen and oxygen atoms in total. The van der Waals surface area contributed by atoms with E-state index in [1.54, 1.807) is 7.11 Å². The number of benzene rings is 2. The first-order chi connectivity index (χ1) is 12.3. The van der Waals surface area contributed by atoms with E-state index in [1.165, 1.54) is 30.5 Å². The molecule has 0 bridgehead atoms. The first kappa shape index (κ1) is 16.5. The van der Waals surface area contributed by atoms with Crippen LogP contribution in [0.4, 0.5) is 0 Å². The lowest BCUT2D eigenvalue weighted by Crippen LogP contribution is -2.28. The molecule has 1 aliphatic carbocycles. The molecule has 0 aromatic heterocycles. The number of hydrogen-bond donors (Lipinski definition) is 1. The van der Waals surface area contributed by atoms with Crippen LogP contribution in [0.1, 0.15) is 47.8 Å². The Bertz CT molecular complexity index is 728. The molecule has 4 rings (SSSR count). The Labute approximate surface area is 150 Å². The lowest BCUT2D eigenvalue weighted by molar-refractivity contribution is 0.294. The Hall–Kier alpha value is -2.00. The van der Waals surface area contributed by atoms with Gasteiger partial charge in [0.05, 0.1) is 7.11 Å². The van der Waals surface area contributed by atoms with E-state index in [1.807, 2.05) is 6.07 Å². The van der Waals surface area contributed by atoms with Crippen molar-refractivity contribution in [3.05, 3.63) is 59.2 Å². The number of phenolic OH excluding ortho intramolecular Hbond substituents is 1. The average molecular weight is 337 g/mol. The van der Waals surface area contributed by atoms with Crippen molar-refractivity contribution in [2.45, 2.75) is 37.5 Å². The molecule has 2 aromatic rings. The zero-order valence-electron chi connectivity index (χ0n) is 14.9. The van der Waals surface area contributed by atoms with E-state index in [-0.39, 0.29) is 0 Å². The van der Waals surface area contributed by atoms with E-state index < -0.39 is 0 Å². The predicted molar refractivity (Wildman–Crippen MR) is 101 cm³/mol. The van der Waals surface area contributed by atoms with Crippen molar-refractivity contribution in [1.29, 1.82) is 0 Å². The fraction of sp³-hybridized carbons (Fsp3) is 0.455. The molecule has 1 saturated heterocycles. The smallest absolute Gasteiger partial charge is 0.161 e. The molecule has 2 aliphatic rings. The molecule has 0 spiro atoms. The van der Waals surface area contributed by atoms with Crippen LogP contribution in [0.25, 0.3) is 0 Å². The Balaban J connectivity index is 1.47. The normalized spacial score (nSPS) is 23.4. The van der Waals surface area contributed by atoms with Crippen molar-refractivity contribution >= 4 is 0 Å². The molecule has 1 aliphatic heterocycles. The second kappa shape index (κ2) is 7.09. The summed E-state index contributed by atoms with van der Waals surface area (Å²) in [6.45, 7) is 3.42. The average Bonchev–Trinajstić information content (AvgIpc) is 3.12. The van der Waals surface area contributed by atoms with Gasteiger partial charge in [-0.05, 0) is 61.3 Å². The molecular formula is C22H27NO2.